The summed E-state index contributed by atoms with van der Waals surface area (Å²) in [5.74, 6) is -0.794. The summed E-state index contributed by atoms with van der Waals surface area (Å²) in [6.07, 6.45) is -1.14. The van der Waals surface area contributed by atoms with Gasteiger partial charge in [0.1, 0.15) is 6.10 Å². The molecule has 0 heterocycles. The van der Waals surface area contributed by atoms with Crippen LogP contribution in [0.1, 0.15) is 28.9 Å². The second-order valence-electron chi connectivity index (χ2n) is 4.22. The molecule has 0 aliphatic rings. The van der Waals surface area contributed by atoms with Crippen molar-refractivity contribution in [3.8, 4) is 0 Å². The van der Waals surface area contributed by atoms with Gasteiger partial charge in [0.2, 0.25) is 0 Å². The first-order valence-electron chi connectivity index (χ1n) is 5.85. The van der Waals surface area contributed by atoms with Gasteiger partial charge in [-0.2, -0.15) is 0 Å². The number of hydrogen-bond acceptors (Lipinski definition) is 4. The SMILES string of the molecule is CC(=O)c1ccc([C@@H](O)[C@@H](CO)NC(=O)C(Cl)Cl)cc1. The first-order chi connectivity index (χ1) is 9.36. The Morgan fingerprint density at radius 1 is 1.25 bits per heavy atom. The van der Waals surface area contributed by atoms with Crippen LogP contribution in [0.15, 0.2) is 24.3 Å². The normalized spacial score (nSPS) is 13.9. The summed E-state index contributed by atoms with van der Waals surface area (Å²) in [6, 6.07) is 5.28. The van der Waals surface area contributed by atoms with Crippen LogP contribution >= 0.6 is 23.2 Å². The lowest BCUT2D eigenvalue weighted by Gasteiger charge is -2.23. The predicted octanol–water partition coefficient (Wildman–Crippen LogP) is 1.20. The number of aliphatic hydroxyl groups is 2. The molecule has 0 spiro atoms. The van der Waals surface area contributed by atoms with Crippen LogP contribution in [0, 0.1) is 0 Å². The van der Waals surface area contributed by atoms with Crippen molar-refractivity contribution in [2.24, 2.45) is 0 Å². The first-order valence-corrected chi connectivity index (χ1v) is 6.72. The lowest BCUT2D eigenvalue weighted by atomic mass is 10.0. The van der Waals surface area contributed by atoms with Crippen LogP contribution in [0.2, 0.25) is 0 Å². The van der Waals surface area contributed by atoms with Gasteiger partial charge >= 0.3 is 0 Å². The number of alkyl halides is 2. The van der Waals surface area contributed by atoms with E-state index in [1.54, 1.807) is 24.3 Å². The fraction of sp³-hybridized carbons (Fsp3) is 0.385. The highest BCUT2D eigenvalue weighted by Crippen LogP contribution is 2.18. The number of carbonyl (C=O) groups is 2. The largest absolute Gasteiger partial charge is 0.394 e. The molecule has 110 valence electrons. The van der Waals surface area contributed by atoms with Crippen molar-refractivity contribution >= 4 is 34.9 Å². The summed E-state index contributed by atoms with van der Waals surface area (Å²) >= 11 is 10.8. The molecule has 0 saturated carbocycles. The molecule has 0 unspecified atom stereocenters. The molecule has 2 atom stereocenters. The lowest BCUT2D eigenvalue weighted by Crippen LogP contribution is -2.44. The van der Waals surface area contributed by atoms with E-state index in [1.165, 1.54) is 6.92 Å². The van der Waals surface area contributed by atoms with E-state index in [0.29, 0.717) is 11.1 Å². The van der Waals surface area contributed by atoms with E-state index in [1.807, 2.05) is 0 Å². The van der Waals surface area contributed by atoms with Crippen LogP contribution < -0.4 is 5.32 Å². The number of halogens is 2. The van der Waals surface area contributed by atoms with E-state index in [-0.39, 0.29) is 5.78 Å². The second kappa shape index (κ2) is 7.59. The lowest BCUT2D eigenvalue weighted by molar-refractivity contribution is -0.121. The number of amides is 1. The van der Waals surface area contributed by atoms with Crippen LogP contribution in [0.4, 0.5) is 0 Å². The van der Waals surface area contributed by atoms with Crippen LogP contribution in [-0.2, 0) is 4.79 Å². The Bertz CT molecular complexity index is 476. The van der Waals surface area contributed by atoms with E-state index < -0.39 is 29.5 Å². The topological polar surface area (TPSA) is 86.6 Å². The van der Waals surface area contributed by atoms with Crippen LogP contribution in [-0.4, -0.2) is 39.4 Å². The molecule has 20 heavy (non-hydrogen) atoms. The number of carbonyl (C=O) groups excluding carboxylic acids is 2. The highest BCUT2D eigenvalue weighted by atomic mass is 35.5. The molecule has 1 aromatic carbocycles. The molecule has 5 nitrogen and oxygen atoms in total. The Morgan fingerprint density at radius 2 is 1.80 bits per heavy atom. The third-order valence-corrected chi connectivity index (χ3v) is 3.16. The van der Waals surface area contributed by atoms with Gasteiger partial charge in [-0.15, -0.1) is 0 Å². The third kappa shape index (κ3) is 4.45. The van der Waals surface area contributed by atoms with Crippen LogP contribution in [0.3, 0.4) is 0 Å². The molecule has 1 amide bonds. The number of hydrogen-bond donors (Lipinski definition) is 3. The maximum Gasteiger partial charge on any atom is 0.253 e. The van der Waals surface area contributed by atoms with Crippen molar-refractivity contribution < 1.29 is 19.8 Å². The molecular weight excluding hydrogens is 305 g/mol. The zero-order valence-corrected chi connectivity index (χ0v) is 12.2. The van der Waals surface area contributed by atoms with E-state index in [9.17, 15) is 19.8 Å². The molecule has 1 aromatic rings. The average molecular weight is 320 g/mol. The predicted molar refractivity (Wildman–Crippen MR) is 75.9 cm³/mol. The standard InChI is InChI=1S/C13H15Cl2NO4/c1-7(18)8-2-4-9(5-3-8)11(19)10(6-17)16-13(20)12(14)15/h2-5,10-12,17,19H,6H2,1H3,(H,16,20)/t10-,11-/m1/s1. The number of nitrogens with one attached hydrogen (secondary N) is 1. The van der Waals surface area contributed by atoms with Crippen molar-refractivity contribution in [1.82, 2.24) is 5.32 Å². The quantitative estimate of drug-likeness (QED) is 0.543. The Labute approximate surface area is 126 Å². The minimum Gasteiger partial charge on any atom is -0.394 e. The van der Waals surface area contributed by atoms with Crippen LogP contribution in [0.5, 0.6) is 0 Å². The van der Waals surface area contributed by atoms with Gasteiger partial charge in [-0.3, -0.25) is 9.59 Å². The molecule has 0 saturated heterocycles. The van der Waals surface area contributed by atoms with Gasteiger partial charge in [-0.1, -0.05) is 47.5 Å². The van der Waals surface area contributed by atoms with E-state index >= 15 is 0 Å². The summed E-state index contributed by atoms with van der Waals surface area (Å²) in [7, 11) is 0. The zero-order chi connectivity index (χ0) is 15.3. The van der Waals surface area contributed by atoms with Gasteiger partial charge in [0.25, 0.3) is 5.91 Å². The van der Waals surface area contributed by atoms with Crippen molar-refractivity contribution in [3.63, 3.8) is 0 Å². The van der Waals surface area contributed by atoms with Crippen molar-refractivity contribution in [2.75, 3.05) is 6.61 Å². The number of ketones is 1. The van der Waals surface area contributed by atoms with Crippen LogP contribution in [0.25, 0.3) is 0 Å². The number of aliphatic hydroxyl groups excluding tert-OH is 2. The summed E-state index contributed by atoms with van der Waals surface area (Å²) in [5, 5.41) is 21.6. The number of rotatable bonds is 6. The van der Waals surface area contributed by atoms with Gasteiger partial charge in [0, 0.05) is 5.56 Å². The van der Waals surface area contributed by atoms with Crippen molar-refractivity contribution in [3.05, 3.63) is 35.4 Å². The van der Waals surface area contributed by atoms with Crippen molar-refractivity contribution in [2.45, 2.75) is 23.9 Å². The second-order valence-corrected chi connectivity index (χ2v) is 5.32. The van der Waals surface area contributed by atoms with Gasteiger partial charge in [-0.25, -0.2) is 0 Å². The highest BCUT2D eigenvalue weighted by molar-refractivity contribution is 6.53. The Kier molecular flexibility index (Phi) is 6.42. The summed E-state index contributed by atoms with van der Waals surface area (Å²) < 4.78 is 0. The Balaban J connectivity index is 2.82. The molecule has 0 bridgehead atoms. The van der Waals surface area contributed by atoms with Gasteiger partial charge in [0.05, 0.1) is 12.6 Å². The molecule has 7 heteroatoms. The summed E-state index contributed by atoms with van der Waals surface area (Å²) in [4.78, 5) is 21.2. The first kappa shape index (κ1) is 16.9. The fourth-order valence-electron chi connectivity index (χ4n) is 1.62. The fourth-order valence-corrected chi connectivity index (χ4v) is 1.74. The van der Waals surface area contributed by atoms with Crippen molar-refractivity contribution in [1.29, 1.82) is 0 Å². The Morgan fingerprint density at radius 3 is 2.20 bits per heavy atom. The monoisotopic (exact) mass is 319 g/mol. The minimum absolute atomic E-state index is 0.0924. The summed E-state index contributed by atoms with van der Waals surface area (Å²) in [6.45, 7) is 0.950. The maximum absolute atomic E-state index is 11.3. The molecule has 0 aliphatic heterocycles. The van der Waals surface area contributed by atoms with E-state index in [0.717, 1.165) is 0 Å². The number of benzene rings is 1. The maximum atomic E-state index is 11.3. The highest BCUT2D eigenvalue weighted by Gasteiger charge is 2.24. The average Bonchev–Trinajstić information content (AvgIpc) is 2.43. The number of Topliss-reactive ketones (excluding diaryl/α,β-unsaturated/α-hetero) is 1. The molecule has 0 radical (unpaired) electrons. The summed E-state index contributed by atoms with van der Waals surface area (Å²) in [5.41, 5.74) is 0.960. The molecular formula is C13H15Cl2NO4. The minimum atomic E-state index is -1.28. The smallest absolute Gasteiger partial charge is 0.253 e. The molecule has 0 aromatic heterocycles. The molecule has 0 fully saturated rings. The van der Waals surface area contributed by atoms with Gasteiger partial charge < -0.3 is 15.5 Å². The van der Waals surface area contributed by atoms with E-state index in [4.69, 9.17) is 23.2 Å². The molecule has 3 N–H and O–H groups in total. The van der Waals surface area contributed by atoms with E-state index in [2.05, 4.69) is 5.32 Å². The molecule has 0 aliphatic carbocycles. The van der Waals surface area contributed by atoms with Gasteiger partial charge in [0.15, 0.2) is 10.6 Å². The Hall–Kier alpha value is -1.14. The molecule has 1 rings (SSSR count). The third-order valence-electron chi connectivity index (χ3n) is 2.76. The van der Waals surface area contributed by atoms with Gasteiger partial charge in [-0.05, 0) is 12.5 Å². The zero-order valence-electron chi connectivity index (χ0n) is 10.7.